The molecule has 0 radical (unpaired) electrons. The number of nitro groups is 1. The quantitative estimate of drug-likeness (QED) is 0.378. The van der Waals surface area contributed by atoms with E-state index < -0.39 is 44.5 Å². The molecule has 1 N–H and O–H groups in total. The number of nitro benzene ring substituents is 1. The van der Waals surface area contributed by atoms with Crippen LogP contribution in [0.2, 0.25) is 0 Å². The van der Waals surface area contributed by atoms with Crippen LogP contribution >= 0.6 is 0 Å². The van der Waals surface area contributed by atoms with Crippen molar-refractivity contribution in [2.24, 2.45) is 0 Å². The molecule has 5 nitrogen and oxygen atoms in total. The smallest absolute Gasteiger partial charge is 0.416 e. The standard InChI is InChI=1S/C14H17F3N2O3S/c1-5-12(18-23(22)13(2,3)4)9-6-10(14(15,16)17)8-11(7-9)19(20)21/h5-8,12,18H,1H2,2-4H3/t12-,23?/m1/s1. The van der Waals surface area contributed by atoms with Crippen LogP contribution in [-0.2, 0) is 17.5 Å². The van der Waals surface area contributed by atoms with Gasteiger partial charge in [0.2, 0.25) is 0 Å². The second kappa shape index (κ2) is 6.90. The second-order valence-corrected chi connectivity index (χ2v) is 7.78. The van der Waals surface area contributed by atoms with E-state index in [1.807, 2.05) is 0 Å². The summed E-state index contributed by atoms with van der Waals surface area (Å²) in [5, 5.41) is 10.9. The highest BCUT2D eigenvalue weighted by atomic mass is 32.2. The van der Waals surface area contributed by atoms with Crippen LogP contribution in [0.15, 0.2) is 30.9 Å². The highest BCUT2D eigenvalue weighted by molar-refractivity contribution is 7.90. The maximum absolute atomic E-state index is 12.9. The number of nitrogens with one attached hydrogen (secondary N) is 1. The van der Waals surface area contributed by atoms with Gasteiger partial charge in [-0.15, -0.1) is 11.3 Å². The summed E-state index contributed by atoms with van der Waals surface area (Å²) in [4.78, 5) is 9.95. The molecular formula is C14H17F3N2O3S. The van der Waals surface area contributed by atoms with Crippen molar-refractivity contribution in [3.63, 3.8) is 0 Å². The average Bonchev–Trinajstić information content (AvgIpc) is 2.41. The van der Waals surface area contributed by atoms with Crippen molar-refractivity contribution < 1.29 is 22.6 Å². The first-order chi connectivity index (χ1) is 10.4. The predicted molar refractivity (Wildman–Crippen MR) is 82.1 cm³/mol. The largest absolute Gasteiger partial charge is 0.598 e. The highest BCUT2D eigenvalue weighted by Gasteiger charge is 2.34. The van der Waals surface area contributed by atoms with Crippen LogP contribution in [0.4, 0.5) is 18.9 Å². The summed E-state index contributed by atoms with van der Waals surface area (Å²) >= 11 is -1.59. The summed E-state index contributed by atoms with van der Waals surface area (Å²) in [5.74, 6) is 0. The number of non-ortho nitro benzene ring substituents is 1. The Kier molecular flexibility index (Phi) is 5.84. The molecule has 0 heterocycles. The van der Waals surface area contributed by atoms with Gasteiger partial charge < -0.3 is 4.55 Å². The zero-order valence-electron chi connectivity index (χ0n) is 12.8. The lowest BCUT2D eigenvalue weighted by Gasteiger charge is -2.27. The van der Waals surface area contributed by atoms with Crippen LogP contribution < -0.4 is 4.72 Å². The molecule has 0 fully saturated rings. The minimum absolute atomic E-state index is 0.0286. The van der Waals surface area contributed by atoms with E-state index in [0.717, 1.165) is 12.1 Å². The molecule has 0 aliphatic rings. The van der Waals surface area contributed by atoms with E-state index in [2.05, 4.69) is 11.3 Å². The number of alkyl halides is 3. The molecule has 0 spiro atoms. The molecule has 0 aliphatic heterocycles. The van der Waals surface area contributed by atoms with Gasteiger partial charge in [0.25, 0.3) is 5.69 Å². The van der Waals surface area contributed by atoms with Gasteiger partial charge in [-0.3, -0.25) is 10.1 Å². The van der Waals surface area contributed by atoms with Crippen LogP contribution in [0, 0.1) is 10.1 Å². The molecule has 0 aliphatic carbocycles. The third-order valence-corrected chi connectivity index (χ3v) is 4.44. The number of nitrogens with zero attached hydrogens (tertiary/aromatic N) is 1. The number of benzene rings is 1. The van der Waals surface area contributed by atoms with Crippen molar-refractivity contribution in [2.75, 3.05) is 0 Å². The lowest BCUT2D eigenvalue weighted by atomic mass is 10.0. The Bertz CT molecular complexity index is 600. The first-order valence-corrected chi connectivity index (χ1v) is 7.68. The van der Waals surface area contributed by atoms with E-state index in [1.54, 1.807) is 20.8 Å². The summed E-state index contributed by atoms with van der Waals surface area (Å²) < 4.78 is 52.8. The van der Waals surface area contributed by atoms with Crippen molar-refractivity contribution in [3.05, 3.63) is 52.1 Å². The molecule has 2 atom stereocenters. The summed E-state index contributed by atoms with van der Waals surface area (Å²) in [6.07, 6.45) is -3.47. The van der Waals surface area contributed by atoms with Crippen molar-refractivity contribution in [1.82, 2.24) is 4.72 Å². The van der Waals surface area contributed by atoms with Crippen molar-refractivity contribution in [3.8, 4) is 0 Å². The topological polar surface area (TPSA) is 78.2 Å². The summed E-state index contributed by atoms with van der Waals surface area (Å²) in [5.41, 5.74) is -1.86. The molecule has 1 aromatic rings. The van der Waals surface area contributed by atoms with Crippen molar-refractivity contribution in [2.45, 2.75) is 37.7 Å². The molecule has 0 amide bonds. The normalized spacial score (nSPS) is 15.1. The molecule has 128 valence electrons. The summed E-state index contributed by atoms with van der Waals surface area (Å²) in [6, 6.07) is 1.33. The van der Waals surface area contributed by atoms with Gasteiger partial charge in [-0.1, -0.05) is 6.08 Å². The van der Waals surface area contributed by atoms with E-state index in [-0.39, 0.29) is 5.56 Å². The molecule has 1 rings (SSSR count). The van der Waals surface area contributed by atoms with Crippen LogP contribution in [0.25, 0.3) is 0 Å². The first-order valence-electron chi connectivity index (χ1n) is 6.53. The third-order valence-electron chi connectivity index (χ3n) is 2.86. The van der Waals surface area contributed by atoms with Crippen molar-refractivity contribution in [1.29, 1.82) is 0 Å². The Morgan fingerprint density at radius 3 is 2.26 bits per heavy atom. The average molecular weight is 350 g/mol. The maximum Gasteiger partial charge on any atom is 0.416 e. The molecule has 0 aromatic heterocycles. The second-order valence-electron chi connectivity index (χ2n) is 5.78. The summed E-state index contributed by atoms with van der Waals surface area (Å²) in [6.45, 7) is 8.55. The van der Waals surface area contributed by atoms with Crippen LogP contribution in [0.1, 0.15) is 37.9 Å². The molecule has 23 heavy (non-hydrogen) atoms. The zero-order chi connectivity index (χ0) is 18.0. The van der Waals surface area contributed by atoms with Crippen LogP contribution in [0.5, 0.6) is 0 Å². The Hall–Kier alpha value is -1.58. The van der Waals surface area contributed by atoms with Crippen molar-refractivity contribution >= 4 is 17.0 Å². The first kappa shape index (κ1) is 19.5. The lowest BCUT2D eigenvalue weighted by molar-refractivity contribution is -0.385. The zero-order valence-corrected chi connectivity index (χ0v) is 13.6. The molecule has 0 saturated carbocycles. The highest BCUT2D eigenvalue weighted by Crippen LogP contribution is 2.34. The minimum Gasteiger partial charge on any atom is -0.598 e. The fourth-order valence-electron chi connectivity index (χ4n) is 1.63. The minimum atomic E-state index is -4.73. The van der Waals surface area contributed by atoms with Gasteiger partial charge >= 0.3 is 6.18 Å². The molecule has 0 bridgehead atoms. The Morgan fingerprint density at radius 1 is 1.30 bits per heavy atom. The Morgan fingerprint density at radius 2 is 1.87 bits per heavy atom. The van der Waals surface area contributed by atoms with E-state index in [9.17, 15) is 27.8 Å². The maximum atomic E-state index is 12.9. The lowest BCUT2D eigenvalue weighted by Crippen LogP contribution is -2.40. The number of hydrogen-bond acceptors (Lipinski definition) is 4. The van der Waals surface area contributed by atoms with E-state index in [0.29, 0.717) is 6.07 Å². The van der Waals surface area contributed by atoms with Gasteiger partial charge in [-0.05, 0) is 32.4 Å². The summed E-state index contributed by atoms with van der Waals surface area (Å²) in [7, 11) is 0. The molecular weight excluding hydrogens is 333 g/mol. The SMILES string of the molecule is C=C[C@@H](N[S+]([O-])C(C)(C)C)c1cc([N+](=O)[O-])cc(C(F)(F)F)c1. The van der Waals surface area contributed by atoms with Gasteiger partial charge in [-0.2, -0.15) is 13.2 Å². The molecule has 1 unspecified atom stereocenters. The van der Waals surface area contributed by atoms with Gasteiger partial charge in [0.1, 0.15) is 4.75 Å². The van der Waals surface area contributed by atoms with Gasteiger partial charge in [0.05, 0.1) is 16.5 Å². The van der Waals surface area contributed by atoms with E-state index in [4.69, 9.17) is 0 Å². The molecule has 1 aromatic carbocycles. The predicted octanol–water partition coefficient (Wildman–Crippen LogP) is 3.89. The Balaban J connectivity index is 3.30. The third kappa shape index (κ3) is 5.22. The fourth-order valence-corrected chi connectivity index (χ4v) is 2.44. The number of rotatable bonds is 5. The number of hydrogen-bond donors (Lipinski definition) is 1. The van der Waals surface area contributed by atoms with Crippen LogP contribution in [-0.4, -0.2) is 14.2 Å². The fraction of sp³-hybridized carbons (Fsp3) is 0.429. The monoisotopic (exact) mass is 350 g/mol. The Labute approximate surface area is 135 Å². The van der Waals surface area contributed by atoms with Crippen LogP contribution in [0.3, 0.4) is 0 Å². The molecule has 9 heteroatoms. The van der Waals surface area contributed by atoms with Gasteiger partial charge in [0, 0.05) is 23.5 Å². The van der Waals surface area contributed by atoms with E-state index >= 15 is 0 Å². The number of halogens is 3. The van der Waals surface area contributed by atoms with E-state index in [1.165, 1.54) is 6.08 Å². The van der Waals surface area contributed by atoms with Gasteiger partial charge in [-0.25, -0.2) is 0 Å². The molecule has 0 saturated heterocycles. The van der Waals surface area contributed by atoms with Gasteiger partial charge in [0.15, 0.2) is 0 Å².